The van der Waals surface area contributed by atoms with Crippen LogP contribution in [0.3, 0.4) is 0 Å². The van der Waals surface area contributed by atoms with Crippen molar-refractivity contribution in [2.75, 3.05) is 13.2 Å². The van der Waals surface area contributed by atoms with E-state index in [1.807, 2.05) is 0 Å². The number of unbranched alkanes of at least 4 members (excludes halogenated alkanes) is 12. The lowest BCUT2D eigenvalue weighted by atomic mass is 9.94. The molecule has 0 aromatic carbocycles. The zero-order chi connectivity index (χ0) is 23.6. The molecular weight excluding hydrogens is 408 g/mol. The summed E-state index contributed by atoms with van der Waals surface area (Å²) in [5, 5.41) is 39.5. The van der Waals surface area contributed by atoms with Crippen molar-refractivity contribution in [3.05, 3.63) is 0 Å². The van der Waals surface area contributed by atoms with Gasteiger partial charge < -0.3 is 29.9 Å². The van der Waals surface area contributed by atoms with Gasteiger partial charge in [0.15, 0.2) is 6.29 Å². The number of aliphatic hydroxyl groups excluding tert-OH is 4. The topological polar surface area (TPSA) is 99.4 Å². The van der Waals surface area contributed by atoms with E-state index in [1.54, 1.807) is 0 Å². The highest BCUT2D eigenvalue weighted by Gasteiger charge is 2.44. The number of ether oxygens (including phenoxy) is 2. The average molecular weight is 461 g/mol. The van der Waals surface area contributed by atoms with Crippen molar-refractivity contribution in [1.82, 2.24) is 0 Å². The van der Waals surface area contributed by atoms with Crippen molar-refractivity contribution in [3.63, 3.8) is 0 Å². The summed E-state index contributed by atoms with van der Waals surface area (Å²) in [6, 6.07) is 0. The minimum Gasteiger partial charge on any atom is -0.394 e. The summed E-state index contributed by atoms with van der Waals surface area (Å²) in [5.74, 6) is 0.397. The van der Waals surface area contributed by atoms with Crippen molar-refractivity contribution < 1.29 is 29.9 Å². The fourth-order valence-electron chi connectivity index (χ4n) is 4.53. The van der Waals surface area contributed by atoms with Gasteiger partial charge in [-0.2, -0.15) is 0 Å². The molecule has 1 aliphatic heterocycles. The molecule has 0 aliphatic carbocycles. The summed E-state index contributed by atoms with van der Waals surface area (Å²) in [5.41, 5.74) is 0. The highest BCUT2D eigenvalue weighted by Crippen LogP contribution is 2.25. The van der Waals surface area contributed by atoms with Crippen molar-refractivity contribution >= 4 is 0 Å². The van der Waals surface area contributed by atoms with Gasteiger partial charge >= 0.3 is 0 Å². The van der Waals surface area contributed by atoms with E-state index in [4.69, 9.17) is 9.47 Å². The van der Waals surface area contributed by atoms with Crippen LogP contribution < -0.4 is 0 Å². The fourth-order valence-corrected chi connectivity index (χ4v) is 4.53. The first kappa shape index (κ1) is 29.8. The molecule has 0 bridgehead atoms. The molecular formula is C26H52O6. The standard InChI is InChI=1S/C26H52O6/c1-3-5-7-9-11-12-14-16-18-21(17-15-13-10-8-6-4-2)20-31-26-25(30)24(29)23(28)22(19-27)32-26/h21-30H,3-20H2,1-2H3/t21?,22-,23-,24+,25+,26+/m1/s1. The molecule has 0 radical (unpaired) electrons. The van der Waals surface area contributed by atoms with Gasteiger partial charge in [0, 0.05) is 0 Å². The van der Waals surface area contributed by atoms with Crippen molar-refractivity contribution in [3.8, 4) is 0 Å². The summed E-state index contributed by atoms with van der Waals surface area (Å²) in [6.07, 6.45) is 14.2. The number of hydrogen-bond donors (Lipinski definition) is 4. The van der Waals surface area contributed by atoms with E-state index in [1.165, 1.54) is 89.9 Å². The van der Waals surface area contributed by atoms with Crippen LogP contribution in [0.1, 0.15) is 117 Å². The predicted octanol–water partition coefficient (Wildman–Crippen LogP) is 4.70. The second-order valence-electron chi connectivity index (χ2n) is 9.72. The smallest absolute Gasteiger partial charge is 0.186 e. The van der Waals surface area contributed by atoms with E-state index in [-0.39, 0.29) is 0 Å². The fraction of sp³-hybridized carbons (Fsp3) is 1.00. The third-order valence-electron chi connectivity index (χ3n) is 6.78. The Morgan fingerprint density at radius 2 is 1.12 bits per heavy atom. The monoisotopic (exact) mass is 460 g/mol. The first-order valence-corrected chi connectivity index (χ1v) is 13.5. The van der Waals surface area contributed by atoms with Crippen LogP contribution >= 0.6 is 0 Å². The summed E-state index contributed by atoms with van der Waals surface area (Å²) in [6.45, 7) is 4.52. The quantitative estimate of drug-likeness (QED) is 0.197. The molecule has 192 valence electrons. The van der Waals surface area contributed by atoms with E-state index in [2.05, 4.69) is 13.8 Å². The van der Waals surface area contributed by atoms with E-state index >= 15 is 0 Å². The lowest BCUT2D eigenvalue weighted by Crippen LogP contribution is -2.59. The molecule has 1 heterocycles. The molecule has 6 atom stereocenters. The van der Waals surface area contributed by atoms with Gasteiger partial charge in [0.05, 0.1) is 13.2 Å². The lowest BCUT2D eigenvalue weighted by molar-refractivity contribution is -0.303. The van der Waals surface area contributed by atoms with E-state index in [0.717, 1.165) is 12.8 Å². The SMILES string of the molecule is CCCCCCCCCCC(CCCCCCCC)CO[C@H]1O[C@H](CO)[C@@H](O)[C@H](O)[C@@H]1O. The Kier molecular flexibility index (Phi) is 17.8. The highest BCUT2D eigenvalue weighted by molar-refractivity contribution is 4.89. The minimum atomic E-state index is -1.38. The third-order valence-corrected chi connectivity index (χ3v) is 6.78. The zero-order valence-electron chi connectivity index (χ0n) is 20.8. The van der Waals surface area contributed by atoms with Gasteiger partial charge in [0.25, 0.3) is 0 Å². The number of hydrogen-bond acceptors (Lipinski definition) is 6. The highest BCUT2D eigenvalue weighted by atomic mass is 16.7. The Morgan fingerprint density at radius 1 is 0.656 bits per heavy atom. The van der Waals surface area contributed by atoms with Crippen LogP contribution in [0.5, 0.6) is 0 Å². The second kappa shape index (κ2) is 19.1. The van der Waals surface area contributed by atoms with Gasteiger partial charge in [-0.15, -0.1) is 0 Å². The van der Waals surface area contributed by atoms with E-state index < -0.39 is 37.3 Å². The van der Waals surface area contributed by atoms with Gasteiger partial charge in [-0.05, 0) is 18.8 Å². The zero-order valence-corrected chi connectivity index (χ0v) is 20.8. The maximum absolute atomic E-state index is 10.2. The Labute approximate surface area is 196 Å². The average Bonchev–Trinajstić information content (AvgIpc) is 2.80. The first-order chi connectivity index (χ1) is 15.5. The van der Waals surface area contributed by atoms with Gasteiger partial charge in [-0.25, -0.2) is 0 Å². The molecule has 0 saturated carbocycles. The Bertz CT molecular complexity index is 419. The van der Waals surface area contributed by atoms with E-state index in [9.17, 15) is 20.4 Å². The van der Waals surface area contributed by atoms with Gasteiger partial charge in [-0.1, -0.05) is 104 Å². The summed E-state index contributed by atoms with van der Waals surface area (Å²) in [7, 11) is 0. The molecule has 1 aliphatic rings. The Balaban J connectivity index is 2.40. The molecule has 6 nitrogen and oxygen atoms in total. The summed E-state index contributed by atoms with van der Waals surface area (Å²) in [4.78, 5) is 0. The number of aliphatic hydroxyl groups is 4. The predicted molar refractivity (Wildman–Crippen MR) is 128 cm³/mol. The molecule has 0 aromatic heterocycles. The molecule has 0 spiro atoms. The molecule has 1 rings (SSSR count). The molecule has 1 unspecified atom stereocenters. The van der Waals surface area contributed by atoms with Crippen molar-refractivity contribution in [2.45, 2.75) is 147 Å². The summed E-state index contributed by atoms with van der Waals surface area (Å²) >= 11 is 0. The van der Waals surface area contributed by atoms with Crippen LogP contribution in [0, 0.1) is 5.92 Å². The van der Waals surface area contributed by atoms with Gasteiger partial charge in [0.2, 0.25) is 0 Å². The maximum atomic E-state index is 10.2. The molecule has 32 heavy (non-hydrogen) atoms. The van der Waals surface area contributed by atoms with Gasteiger partial charge in [-0.3, -0.25) is 0 Å². The van der Waals surface area contributed by atoms with Crippen LogP contribution in [-0.2, 0) is 9.47 Å². The molecule has 6 heteroatoms. The maximum Gasteiger partial charge on any atom is 0.186 e. The molecule has 4 N–H and O–H groups in total. The Morgan fingerprint density at radius 3 is 1.59 bits per heavy atom. The van der Waals surface area contributed by atoms with Crippen LogP contribution in [0.15, 0.2) is 0 Å². The normalized spacial score (nSPS) is 27.0. The van der Waals surface area contributed by atoms with Gasteiger partial charge in [0.1, 0.15) is 24.4 Å². The van der Waals surface area contributed by atoms with Crippen LogP contribution in [0.2, 0.25) is 0 Å². The van der Waals surface area contributed by atoms with E-state index in [0.29, 0.717) is 12.5 Å². The van der Waals surface area contributed by atoms with Crippen molar-refractivity contribution in [1.29, 1.82) is 0 Å². The van der Waals surface area contributed by atoms with Crippen LogP contribution in [0.25, 0.3) is 0 Å². The molecule has 1 saturated heterocycles. The first-order valence-electron chi connectivity index (χ1n) is 13.5. The molecule has 0 amide bonds. The number of rotatable bonds is 20. The van der Waals surface area contributed by atoms with Crippen LogP contribution in [0.4, 0.5) is 0 Å². The summed E-state index contributed by atoms with van der Waals surface area (Å²) < 4.78 is 11.4. The largest absolute Gasteiger partial charge is 0.394 e. The Hall–Kier alpha value is -0.240. The van der Waals surface area contributed by atoms with Crippen LogP contribution in [-0.4, -0.2) is 64.3 Å². The third kappa shape index (κ3) is 12.3. The minimum absolute atomic E-state index is 0.397. The van der Waals surface area contributed by atoms with Crippen molar-refractivity contribution in [2.24, 2.45) is 5.92 Å². The lowest BCUT2D eigenvalue weighted by Gasteiger charge is -2.40. The second-order valence-corrected chi connectivity index (χ2v) is 9.72. The molecule has 1 fully saturated rings. The molecule has 0 aromatic rings.